The molecule has 1 heterocycles. The summed E-state index contributed by atoms with van der Waals surface area (Å²) < 4.78 is 0. The zero-order chi connectivity index (χ0) is 9.97. The van der Waals surface area contributed by atoms with Crippen molar-refractivity contribution < 1.29 is 4.79 Å². The Bertz CT molecular complexity index is 320. The SMILES string of the molecule is C[C@H]1CCN(C(=O)c2ccccc2)C1. The van der Waals surface area contributed by atoms with Crippen LogP contribution in [0.4, 0.5) is 0 Å². The van der Waals surface area contributed by atoms with Gasteiger partial charge in [0.2, 0.25) is 0 Å². The molecule has 0 aromatic heterocycles. The van der Waals surface area contributed by atoms with Crippen molar-refractivity contribution in [2.75, 3.05) is 13.1 Å². The molecule has 14 heavy (non-hydrogen) atoms. The summed E-state index contributed by atoms with van der Waals surface area (Å²) in [6.45, 7) is 4.01. The van der Waals surface area contributed by atoms with E-state index in [-0.39, 0.29) is 5.91 Å². The van der Waals surface area contributed by atoms with E-state index in [1.165, 1.54) is 0 Å². The van der Waals surface area contributed by atoms with Gasteiger partial charge >= 0.3 is 0 Å². The topological polar surface area (TPSA) is 20.3 Å². The molecule has 0 bridgehead atoms. The first kappa shape index (κ1) is 9.25. The monoisotopic (exact) mass is 189 g/mol. The molecule has 2 rings (SSSR count). The zero-order valence-corrected chi connectivity index (χ0v) is 8.44. The van der Waals surface area contributed by atoms with Crippen molar-refractivity contribution in [1.82, 2.24) is 4.90 Å². The minimum atomic E-state index is 0.176. The molecule has 0 unspecified atom stereocenters. The van der Waals surface area contributed by atoms with Crippen LogP contribution >= 0.6 is 0 Å². The van der Waals surface area contributed by atoms with Gasteiger partial charge in [0.25, 0.3) is 5.91 Å². The molecule has 1 atom stereocenters. The lowest BCUT2D eigenvalue weighted by Gasteiger charge is -2.15. The number of carbonyl (C=O) groups excluding carboxylic acids is 1. The Morgan fingerprint density at radius 3 is 2.64 bits per heavy atom. The number of nitrogens with zero attached hydrogens (tertiary/aromatic N) is 1. The largest absolute Gasteiger partial charge is 0.338 e. The minimum absolute atomic E-state index is 0.176. The van der Waals surface area contributed by atoms with Gasteiger partial charge in [0.05, 0.1) is 0 Å². The van der Waals surface area contributed by atoms with Gasteiger partial charge in [-0.15, -0.1) is 0 Å². The molecular formula is C12H15NO. The number of hydrogen-bond acceptors (Lipinski definition) is 1. The normalized spacial score (nSPS) is 21.2. The van der Waals surface area contributed by atoms with Crippen LogP contribution in [0.1, 0.15) is 23.7 Å². The van der Waals surface area contributed by atoms with Crippen LogP contribution < -0.4 is 0 Å². The molecule has 1 aromatic carbocycles. The number of hydrogen-bond donors (Lipinski definition) is 0. The van der Waals surface area contributed by atoms with E-state index in [2.05, 4.69) is 6.92 Å². The summed E-state index contributed by atoms with van der Waals surface area (Å²) >= 11 is 0. The Labute approximate surface area is 84.5 Å². The highest BCUT2D eigenvalue weighted by Crippen LogP contribution is 2.17. The van der Waals surface area contributed by atoms with E-state index < -0.39 is 0 Å². The third kappa shape index (κ3) is 1.79. The number of likely N-dealkylation sites (tertiary alicyclic amines) is 1. The van der Waals surface area contributed by atoms with Gasteiger partial charge < -0.3 is 4.90 Å². The van der Waals surface area contributed by atoms with Crippen molar-refractivity contribution in [1.29, 1.82) is 0 Å². The summed E-state index contributed by atoms with van der Waals surface area (Å²) in [6, 6.07) is 9.51. The molecule has 1 amide bonds. The summed E-state index contributed by atoms with van der Waals surface area (Å²) in [5.41, 5.74) is 0.807. The molecule has 0 aliphatic carbocycles. The van der Waals surface area contributed by atoms with Crippen LogP contribution in [0.25, 0.3) is 0 Å². The maximum Gasteiger partial charge on any atom is 0.253 e. The van der Waals surface area contributed by atoms with Gasteiger partial charge in [0, 0.05) is 18.7 Å². The fraction of sp³-hybridized carbons (Fsp3) is 0.417. The molecule has 1 saturated heterocycles. The van der Waals surface area contributed by atoms with Crippen molar-refractivity contribution >= 4 is 5.91 Å². The van der Waals surface area contributed by atoms with E-state index in [9.17, 15) is 4.79 Å². The van der Waals surface area contributed by atoms with Gasteiger partial charge in [-0.25, -0.2) is 0 Å². The van der Waals surface area contributed by atoms with Gasteiger partial charge in [-0.1, -0.05) is 25.1 Å². The third-order valence-corrected chi connectivity index (χ3v) is 2.73. The number of amides is 1. The Hall–Kier alpha value is -1.31. The van der Waals surface area contributed by atoms with Crippen molar-refractivity contribution in [3.8, 4) is 0 Å². The first-order valence-electron chi connectivity index (χ1n) is 5.11. The molecule has 0 spiro atoms. The molecule has 1 aliphatic heterocycles. The number of carbonyl (C=O) groups is 1. The summed E-state index contributed by atoms with van der Waals surface area (Å²) in [6.07, 6.45) is 1.14. The average Bonchev–Trinajstić information content (AvgIpc) is 2.65. The molecule has 1 fully saturated rings. The highest BCUT2D eigenvalue weighted by Gasteiger charge is 2.23. The second kappa shape index (κ2) is 3.82. The summed E-state index contributed by atoms with van der Waals surface area (Å²) in [7, 11) is 0. The maximum atomic E-state index is 11.9. The van der Waals surface area contributed by atoms with Crippen molar-refractivity contribution in [3.05, 3.63) is 35.9 Å². The van der Waals surface area contributed by atoms with Crippen LogP contribution in [0, 0.1) is 5.92 Å². The molecule has 2 nitrogen and oxygen atoms in total. The minimum Gasteiger partial charge on any atom is -0.338 e. The highest BCUT2D eigenvalue weighted by atomic mass is 16.2. The van der Waals surface area contributed by atoms with Gasteiger partial charge in [-0.05, 0) is 24.5 Å². The van der Waals surface area contributed by atoms with Crippen LogP contribution in [0.5, 0.6) is 0 Å². The Morgan fingerprint density at radius 2 is 2.07 bits per heavy atom. The third-order valence-electron chi connectivity index (χ3n) is 2.73. The zero-order valence-electron chi connectivity index (χ0n) is 8.44. The van der Waals surface area contributed by atoms with E-state index in [0.717, 1.165) is 25.1 Å². The summed E-state index contributed by atoms with van der Waals surface area (Å²) in [5.74, 6) is 0.831. The van der Waals surface area contributed by atoms with E-state index in [1.807, 2.05) is 35.2 Å². The fourth-order valence-corrected chi connectivity index (χ4v) is 1.88. The summed E-state index contributed by atoms with van der Waals surface area (Å²) in [4.78, 5) is 13.9. The van der Waals surface area contributed by atoms with E-state index in [0.29, 0.717) is 5.92 Å². The second-order valence-electron chi connectivity index (χ2n) is 4.01. The predicted molar refractivity (Wildman–Crippen MR) is 56.1 cm³/mol. The van der Waals surface area contributed by atoms with Crippen LogP contribution in [-0.4, -0.2) is 23.9 Å². The molecular weight excluding hydrogens is 174 g/mol. The van der Waals surface area contributed by atoms with Gasteiger partial charge in [-0.2, -0.15) is 0 Å². The van der Waals surface area contributed by atoms with Crippen LogP contribution in [0.2, 0.25) is 0 Å². The van der Waals surface area contributed by atoms with Crippen molar-refractivity contribution in [2.45, 2.75) is 13.3 Å². The molecule has 0 saturated carbocycles. The lowest BCUT2D eigenvalue weighted by Crippen LogP contribution is -2.28. The molecule has 2 heteroatoms. The molecule has 0 N–H and O–H groups in total. The van der Waals surface area contributed by atoms with Gasteiger partial charge in [-0.3, -0.25) is 4.79 Å². The summed E-state index contributed by atoms with van der Waals surface area (Å²) in [5, 5.41) is 0. The maximum absolute atomic E-state index is 11.9. The molecule has 1 aromatic rings. The first-order chi connectivity index (χ1) is 6.77. The number of benzene rings is 1. The van der Waals surface area contributed by atoms with E-state index >= 15 is 0 Å². The quantitative estimate of drug-likeness (QED) is 0.663. The Balaban J connectivity index is 2.10. The molecule has 1 aliphatic rings. The van der Waals surface area contributed by atoms with E-state index in [4.69, 9.17) is 0 Å². The van der Waals surface area contributed by atoms with Crippen LogP contribution in [0.3, 0.4) is 0 Å². The molecule has 74 valence electrons. The predicted octanol–water partition coefficient (Wildman–Crippen LogP) is 2.17. The lowest BCUT2D eigenvalue weighted by molar-refractivity contribution is 0.0788. The van der Waals surface area contributed by atoms with Crippen LogP contribution in [-0.2, 0) is 0 Å². The molecule has 0 radical (unpaired) electrons. The first-order valence-corrected chi connectivity index (χ1v) is 5.11. The Morgan fingerprint density at radius 1 is 1.36 bits per heavy atom. The Kier molecular flexibility index (Phi) is 2.53. The van der Waals surface area contributed by atoms with E-state index in [1.54, 1.807) is 0 Å². The average molecular weight is 189 g/mol. The standard InChI is InChI=1S/C12H15NO/c1-10-7-8-13(9-10)12(14)11-5-3-2-4-6-11/h2-6,10H,7-9H2,1H3/t10-/m0/s1. The fourth-order valence-electron chi connectivity index (χ4n) is 1.88. The lowest BCUT2D eigenvalue weighted by atomic mass is 10.2. The van der Waals surface area contributed by atoms with Crippen molar-refractivity contribution in [2.24, 2.45) is 5.92 Å². The highest BCUT2D eigenvalue weighted by molar-refractivity contribution is 5.94. The van der Waals surface area contributed by atoms with Gasteiger partial charge in [0.1, 0.15) is 0 Å². The van der Waals surface area contributed by atoms with Crippen molar-refractivity contribution in [3.63, 3.8) is 0 Å². The smallest absolute Gasteiger partial charge is 0.253 e. The van der Waals surface area contributed by atoms with Gasteiger partial charge in [0.15, 0.2) is 0 Å². The van der Waals surface area contributed by atoms with Crippen LogP contribution in [0.15, 0.2) is 30.3 Å². The number of rotatable bonds is 1. The second-order valence-corrected chi connectivity index (χ2v) is 4.01.